The van der Waals surface area contributed by atoms with Crippen LogP contribution in [0.15, 0.2) is 24.3 Å². The SMILES string of the molecule is CC[C@H](C)N(Cc1ccccc1F)C(=O)c1sc(N)nc1C. The molecule has 22 heavy (non-hydrogen) atoms. The standard InChI is InChI=1S/C16H20FN3OS/c1-4-10(2)20(9-12-7-5-6-8-13(12)17)15(21)14-11(3)19-16(18)22-14/h5-8,10H,4,9H2,1-3H3,(H2,18,19)/t10-/m0/s1. The summed E-state index contributed by atoms with van der Waals surface area (Å²) < 4.78 is 13.9. The van der Waals surface area contributed by atoms with Gasteiger partial charge in [-0.05, 0) is 26.3 Å². The van der Waals surface area contributed by atoms with Crippen LogP contribution in [0.3, 0.4) is 0 Å². The van der Waals surface area contributed by atoms with Gasteiger partial charge in [0.25, 0.3) is 5.91 Å². The van der Waals surface area contributed by atoms with Crippen LogP contribution < -0.4 is 5.73 Å². The highest BCUT2D eigenvalue weighted by Crippen LogP contribution is 2.24. The topological polar surface area (TPSA) is 59.2 Å². The van der Waals surface area contributed by atoms with E-state index in [1.54, 1.807) is 30.0 Å². The fraction of sp³-hybridized carbons (Fsp3) is 0.375. The fourth-order valence-electron chi connectivity index (χ4n) is 2.20. The Balaban J connectivity index is 2.32. The van der Waals surface area contributed by atoms with E-state index in [0.717, 1.165) is 6.42 Å². The Hall–Kier alpha value is -1.95. The number of hydrogen-bond donors (Lipinski definition) is 1. The number of carbonyl (C=O) groups is 1. The number of carbonyl (C=O) groups excluding carboxylic acids is 1. The van der Waals surface area contributed by atoms with Crippen LogP contribution in [-0.2, 0) is 6.54 Å². The van der Waals surface area contributed by atoms with E-state index in [-0.39, 0.29) is 24.3 Å². The Morgan fingerprint density at radius 2 is 2.14 bits per heavy atom. The van der Waals surface area contributed by atoms with Crippen molar-refractivity contribution < 1.29 is 9.18 Å². The zero-order valence-corrected chi connectivity index (χ0v) is 13.8. The highest BCUT2D eigenvalue weighted by molar-refractivity contribution is 7.17. The Bertz CT molecular complexity index is 671. The molecule has 1 atom stereocenters. The molecule has 0 saturated carbocycles. The first-order chi connectivity index (χ1) is 10.4. The highest BCUT2D eigenvalue weighted by atomic mass is 32.1. The number of amides is 1. The number of rotatable bonds is 5. The minimum Gasteiger partial charge on any atom is -0.375 e. The number of nitrogen functional groups attached to an aromatic ring is 1. The molecule has 2 aromatic rings. The van der Waals surface area contributed by atoms with E-state index >= 15 is 0 Å². The van der Waals surface area contributed by atoms with Crippen molar-refractivity contribution in [2.45, 2.75) is 39.8 Å². The van der Waals surface area contributed by atoms with E-state index in [0.29, 0.717) is 21.3 Å². The van der Waals surface area contributed by atoms with Crippen LogP contribution in [0.1, 0.15) is 41.2 Å². The van der Waals surface area contributed by atoms with Gasteiger partial charge in [0.15, 0.2) is 5.13 Å². The van der Waals surface area contributed by atoms with E-state index in [9.17, 15) is 9.18 Å². The van der Waals surface area contributed by atoms with Gasteiger partial charge < -0.3 is 10.6 Å². The van der Waals surface area contributed by atoms with E-state index in [2.05, 4.69) is 4.98 Å². The number of hydrogen-bond acceptors (Lipinski definition) is 4. The molecule has 4 nitrogen and oxygen atoms in total. The van der Waals surface area contributed by atoms with Crippen LogP contribution >= 0.6 is 11.3 Å². The summed E-state index contributed by atoms with van der Waals surface area (Å²) in [7, 11) is 0. The summed E-state index contributed by atoms with van der Waals surface area (Å²) in [6.07, 6.45) is 0.785. The first-order valence-electron chi connectivity index (χ1n) is 7.21. The van der Waals surface area contributed by atoms with Gasteiger partial charge in [0, 0.05) is 18.2 Å². The zero-order chi connectivity index (χ0) is 16.3. The molecule has 0 aliphatic rings. The van der Waals surface area contributed by atoms with Crippen molar-refractivity contribution in [2.75, 3.05) is 5.73 Å². The predicted molar refractivity (Wildman–Crippen MR) is 87.3 cm³/mol. The summed E-state index contributed by atoms with van der Waals surface area (Å²) in [6, 6.07) is 6.52. The van der Waals surface area contributed by atoms with Gasteiger partial charge in [0.1, 0.15) is 10.7 Å². The molecule has 2 N–H and O–H groups in total. The lowest BCUT2D eigenvalue weighted by atomic mass is 10.1. The quantitative estimate of drug-likeness (QED) is 0.915. The van der Waals surface area contributed by atoms with Gasteiger partial charge in [-0.25, -0.2) is 9.37 Å². The maximum absolute atomic E-state index is 13.9. The summed E-state index contributed by atoms with van der Waals surface area (Å²) in [5.74, 6) is -0.451. The van der Waals surface area contributed by atoms with E-state index in [1.807, 2.05) is 13.8 Å². The van der Waals surface area contributed by atoms with Crippen LogP contribution in [0, 0.1) is 12.7 Å². The number of nitrogens with two attached hydrogens (primary N) is 1. The van der Waals surface area contributed by atoms with Gasteiger partial charge in [0.2, 0.25) is 0 Å². The number of anilines is 1. The van der Waals surface area contributed by atoms with Gasteiger partial charge in [-0.1, -0.05) is 36.5 Å². The van der Waals surface area contributed by atoms with Crippen molar-refractivity contribution in [1.82, 2.24) is 9.88 Å². The summed E-state index contributed by atoms with van der Waals surface area (Å²) in [5.41, 5.74) is 6.80. The average molecular weight is 321 g/mol. The monoisotopic (exact) mass is 321 g/mol. The lowest BCUT2D eigenvalue weighted by Crippen LogP contribution is -2.38. The first-order valence-corrected chi connectivity index (χ1v) is 8.03. The third-order valence-corrected chi connectivity index (χ3v) is 4.66. The van der Waals surface area contributed by atoms with Crippen molar-refractivity contribution in [2.24, 2.45) is 0 Å². The number of aryl methyl sites for hydroxylation is 1. The Morgan fingerprint density at radius 1 is 1.45 bits per heavy atom. The molecule has 0 saturated heterocycles. The number of aromatic nitrogens is 1. The molecule has 0 unspecified atom stereocenters. The van der Waals surface area contributed by atoms with Crippen LogP contribution in [0.2, 0.25) is 0 Å². The predicted octanol–water partition coefficient (Wildman–Crippen LogP) is 3.61. The number of nitrogens with zero attached hydrogens (tertiary/aromatic N) is 2. The summed E-state index contributed by atoms with van der Waals surface area (Å²) >= 11 is 1.18. The zero-order valence-electron chi connectivity index (χ0n) is 13.0. The molecule has 2 rings (SSSR count). The summed E-state index contributed by atoms with van der Waals surface area (Å²) in [4.78, 5) is 19.1. The van der Waals surface area contributed by atoms with E-state index in [4.69, 9.17) is 5.73 Å². The fourth-order valence-corrected chi connectivity index (χ4v) is 2.99. The third-order valence-electron chi connectivity index (χ3n) is 3.69. The van der Waals surface area contributed by atoms with Crippen LogP contribution in [0.5, 0.6) is 0 Å². The highest BCUT2D eigenvalue weighted by Gasteiger charge is 2.25. The third kappa shape index (κ3) is 3.44. The molecule has 1 heterocycles. The summed E-state index contributed by atoms with van der Waals surface area (Å²) in [5, 5.41) is 0.371. The maximum Gasteiger partial charge on any atom is 0.266 e. The Labute approximate surface area is 133 Å². The molecule has 118 valence electrons. The molecular formula is C16H20FN3OS. The van der Waals surface area contributed by atoms with Crippen molar-refractivity contribution in [3.8, 4) is 0 Å². The molecule has 0 aliphatic carbocycles. The first kappa shape index (κ1) is 16.4. The molecule has 1 aromatic carbocycles. The number of thiazole rings is 1. The van der Waals surface area contributed by atoms with E-state index in [1.165, 1.54) is 17.4 Å². The van der Waals surface area contributed by atoms with Gasteiger partial charge in [-0.3, -0.25) is 4.79 Å². The largest absolute Gasteiger partial charge is 0.375 e. The maximum atomic E-state index is 13.9. The Morgan fingerprint density at radius 3 is 2.68 bits per heavy atom. The second kappa shape index (κ2) is 6.87. The van der Waals surface area contributed by atoms with Crippen LogP contribution in [0.4, 0.5) is 9.52 Å². The van der Waals surface area contributed by atoms with Crippen molar-refractivity contribution in [3.63, 3.8) is 0 Å². The second-order valence-electron chi connectivity index (χ2n) is 5.25. The molecule has 0 bridgehead atoms. The second-order valence-corrected chi connectivity index (χ2v) is 6.28. The Kier molecular flexibility index (Phi) is 5.13. The summed E-state index contributed by atoms with van der Waals surface area (Å²) in [6.45, 7) is 5.95. The average Bonchev–Trinajstić information content (AvgIpc) is 2.83. The van der Waals surface area contributed by atoms with Gasteiger partial charge >= 0.3 is 0 Å². The number of halogens is 1. The smallest absolute Gasteiger partial charge is 0.266 e. The number of benzene rings is 1. The lowest BCUT2D eigenvalue weighted by molar-refractivity contribution is 0.0673. The van der Waals surface area contributed by atoms with Crippen molar-refractivity contribution >= 4 is 22.4 Å². The van der Waals surface area contributed by atoms with Crippen LogP contribution in [-0.4, -0.2) is 21.8 Å². The minimum absolute atomic E-state index is 0.00479. The normalized spacial score (nSPS) is 12.2. The van der Waals surface area contributed by atoms with Crippen molar-refractivity contribution in [3.05, 3.63) is 46.2 Å². The van der Waals surface area contributed by atoms with Gasteiger partial charge in [0.05, 0.1) is 5.69 Å². The van der Waals surface area contributed by atoms with Crippen LogP contribution in [0.25, 0.3) is 0 Å². The molecule has 0 spiro atoms. The molecule has 0 fully saturated rings. The molecular weight excluding hydrogens is 301 g/mol. The lowest BCUT2D eigenvalue weighted by Gasteiger charge is -2.28. The molecule has 0 aliphatic heterocycles. The molecule has 1 aromatic heterocycles. The van der Waals surface area contributed by atoms with Gasteiger partial charge in [-0.2, -0.15) is 0 Å². The minimum atomic E-state index is -0.302. The van der Waals surface area contributed by atoms with Gasteiger partial charge in [-0.15, -0.1) is 0 Å². The van der Waals surface area contributed by atoms with E-state index < -0.39 is 0 Å². The molecule has 0 radical (unpaired) electrons. The molecule has 6 heteroatoms. The van der Waals surface area contributed by atoms with Crippen molar-refractivity contribution in [1.29, 1.82) is 0 Å². The molecule has 1 amide bonds.